The maximum absolute atomic E-state index is 12.4. The molecule has 346 valence electrons. The first-order valence-corrected chi connectivity index (χ1v) is 25.8. The summed E-state index contributed by atoms with van der Waals surface area (Å²) in [7, 11) is 0. The number of allylic oxidation sites excluding steroid dienone is 5. The molecule has 0 spiro atoms. The zero-order valence-electron chi connectivity index (χ0n) is 39.2. The first-order valence-electron chi connectivity index (χ1n) is 25.8. The van der Waals surface area contributed by atoms with Crippen LogP contribution in [0.4, 0.5) is 0 Å². The van der Waals surface area contributed by atoms with Gasteiger partial charge >= 0.3 is 5.97 Å². The molecule has 0 aromatic heterocycles. The van der Waals surface area contributed by atoms with E-state index in [0.717, 1.165) is 70.6 Å². The van der Waals surface area contributed by atoms with Crippen molar-refractivity contribution in [1.29, 1.82) is 0 Å². The number of hydrogen-bond donors (Lipinski definition) is 3. The fourth-order valence-corrected chi connectivity index (χ4v) is 7.61. The third kappa shape index (κ3) is 45.4. The lowest BCUT2D eigenvalue weighted by Crippen LogP contribution is -2.45. The van der Waals surface area contributed by atoms with Crippen molar-refractivity contribution in [1.82, 2.24) is 5.32 Å². The number of esters is 1. The lowest BCUT2D eigenvalue weighted by Gasteiger charge is -2.19. The molecule has 0 aromatic carbocycles. The number of aliphatic hydroxyl groups excluding tert-OH is 2. The van der Waals surface area contributed by atoms with Crippen molar-refractivity contribution in [3.63, 3.8) is 0 Å². The highest BCUT2D eigenvalue weighted by atomic mass is 16.5. The molecule has 2 unspecified atom stereocenters. The second-order valence-corrected chi connectivity index (χ2v) is 17.5. The van der Waals surface area contributed by atoms with Gasteiger partial charge in [0.15, 0.2) is 0 Å². The van der Waals surface area contributed by atoms with Crippen LogP contribution in [-0.2, 0) is 14.3 Å². The van der Waals surface area contributed by atoms with E-state index >= 15 is 0 Å². The first-order chi connectivity index (χ1) is 29.0. The SMILES string of the molecule is CCCC/C=C\CCCCCCCC(=O)OCCCCCCCC/C=C\CCCCCC(=O)NC(CO)C(O)/C=C/CCCCCCCCCCCCCCCCCC. The molecule has 2 atom stereocenters. The smallest absolute Gasteiger partial charge is 0.305 e. The number of unbranched alkanes of at least 4 members (excludes halogenated alkanes) is 32. The highest BCUT2D eigenvalue weighted by molar-refractivity contribution is 5.76. The molecule has 6 heteroatoms. The van der Waals surface area contributed by atoms with Crippen LogP contribution < -0.4 is 5.32 Å². The lowest BCUT2D eigenvalue weighted by atomic mass is 10.0. The van der Waals surface area contributed by atoms with E-state index in [1.807, 2.05) is 6.08 Å². The van der Waals surface area contributed by atoms with Crippen molar-refractivity contribution >= 4 is 11.9 Å². The predicted octanol–water partition coefficient (Wildman–Crippen LogP) is 15.3. The Bertz CT molecular complexity index is 962. The minimum atomic E-state index is -0.862. The van der Waals surface area contributed by atoms with Gasteiger partial charge < -0.3 is 20.3 Å². The monoisotopic (exact) mass is 830 g/mol. The summed E-state index contributed by atoms with van der Waals surface area (Å²) in [5.74, 6) is -0.124. The van der Waals surface area contributed by atoms with Gasteiger partial charge in [-0.25, -0.2) is 0 Å². The Morgan fingerprint density at radius 2 is 0.814 bits per heavy atom. The van der Waals surface area contributed by atoms with Crippen LogP contribution in [0.5, 0.6) is 0 Å². The van der Waals surface area contributed by atoms with Crippen molar-refractivity contribution in [2.45, 2.75) is 276 Å². The molecule has 0 fully saturated rings. The summed E-state index contributed by atoms with van der Waals surface area (Å²) >= 11 is 0. The quantitative estimate of drug-likeness (QED) is 0.0323. The van der Waals surface area contributed by atoms with Crippen LogP contribution in [0.2, 0.25) is 0 Å². The number of ether oxygens (including phenoxy) is 1. The average molecular weight is 830 g/mol. The van der Waals surface area contributed by atoms with E-state index in [-0.39, 0.29) is 18.5 Å². The maximum Gasteiger partial charge on any atom is 0.305 e. The van der Waals surface area contributed by atoms with Gasteiger partial charge in [-0.2, -0.15) is 0 Å². The molecule has 0 aliphatic carbocycles. The summed E-state index contributed by atoms with van der Waals surface area (Å²) in [6, 6.07) is -0.648. The summed E-state index contributed by atoms with van der Waals surface area (Å²) in [6.45, 7) is 4.82. The van der Waals surface area contributed by atoms with Crippen molar-refractivity contribution in [3.8, 4) is 0 Å². The summed E-state index contributed by atoms with van der Waals surface area (Å²) in [4.78, 5) is 24.4. The number of nitrogens with one attached hydrogen (secondary N) is 1. The molecule has 0 aromatic rings. The standard InChI is InChI=1S/C53H99NO5/c1-3-5-7-9-11-13-15-16-17-18-19-20-22-26-29-33-37-41-45-51(56)50(49-55)54-52(57)46-42-38-34-30-27-23-21-24-28-32-36-40-44-48-59-53(58)47-43-39-35-31-25-14-12-10-8-6-4-2/h10,12,23,27,41,45,50-51,55-56H,3-9,11,13-22,24-26,28-40,42-44,46-49H2,1-2H3,(H,54,57)/b12-10-,27-23-,45-41+. The van der Waals surface area contributed by atoms with Crippen molar-refractivity contribution < 1.29 is 24.5 Å². The van der Waals surface area contributed by atoms with Gasteiger partial charge in [-0.1, -0.05) is 211 Å². The van der Waals surface area contributed by atoms with E-state index in [4.69, 9.17) is 4.74 Å². The third-order valence-corrected chi connectivity index (χ3v) is 11.6. The molecule has 1 amide bonds. The van der Waals surface area contributed by atoms with E-state index in [1.165, 1.54) is 167 Å². The third-order valence-electron chi connectivity index (χ3n) is 11.6. The van der Waals surface area contributed by atoms with Crippen LogP contribution in [0.25, 0.3) is 0 Å². The van der Waals surface area contributed by atoms with E-state index in [0.29, 0.717) is 19.4 Å². The van der Waals surface area contributed by atoms with Crippen LogP contribution in [0, 0.1) is 0 Å². The van der Waals surface area contributed by atoms with Gasteiger partial charge in [-0.3, -0.25) is 9.59 Å². The lowest BCUT2D eigenvalue weighted by molar-refractivity contribution is -0.143. The molecule has 0 saturated carbocycles. The van der Waals surface area contributed by atoms with E-state index in [9.17, 15) is 19.8 Å². The summed E-state index contributed by atoms with van der Waals surface area (Å²) in [5.41, 5.74) is 0. The van der Waals surface area contributed by atoms with E-state index in [1.54, 1.807) is 6.08 Å². The van der Waals surface area contributed by atoms with Gasteiger partial charge in [0.2, 0.25) is 5.91 Å². The van der Waals surface area contributed by atoms with Gasteiger partial charge in [0.1, 0.15) is 0 Å². The largest absolute Gasteiger partial charge is 0.466 e. The Labute approximate surface area is 366 Å². The van der Waals surface area contributed by atoms with Crippen molar-refractivity contribution in [2.24, 2.45) is 0 Å². The Morgan fingerprint density at radius 3 is 1.27 bits per heavy atom. The number of amides is 1. The highest BCUT2D eigenvalue weighted by Gasteiger charge is 2.18. The second-order valence-electron chi connectivity index (χ2n) is 17.5. The molecule has 0 rings (SSSR count). The van der Waals surface area contributed by atoms with Crippen LogP contribution in [0.1, 0.15) is 264 Å². The first kappa shape index (κ1) is 57.1. The van der Waals surface area contributed by atoms with Crippen molar-refractivity contribution in [3.05, 3.63) is 36.5 Å². The topological polar surface area (TPSA) is 95.9 Å². The number of rotatable bonds is 47. The van der Waals surface area contributed by atoms with Crippen LogP contribution in [0.15, 0.2) is 36.5 Å². The fraction of sp³-hybridized carbons (Fsp3) is 0.849. The molecule has 6 nitrogen and oxygen atoms in total. The van der Waals surface area contributed by atoms with Gasteiger partial charge in [-0.15, -0.1) is 0 Å². The number of aliphatic hydroxyl groups is 2. The van der Waals surface area contributed by atoms with E-state index < -0.39 is 12.1 Å². The predicted molar refractivity (Wildman–Crippen MR) is 255 cm³/mol. The van der Waals surface area contributed by atoms with Crippen molar-refractivity contribution in [2.75, 3.05) is 13.2 Å². The number of carbonyl (C=O) groups excluding carboxylic acids is 2. The van der Waals surface area contributed by atoms with Crippen LogP contribution in [-0.4, -0.2) is 47.4 Å². The molecule has 0 saturated heterocycles. The Kier molecular flexibility index (Phi) is 47.2. The Morgan fingerprint density at radius 1 is 0.458 bits per heavy atom. The zero-order valence-corrected chi connectivity index (χ0v) is 39.2. The molecule has 0 aliphatic rings. The van der Waals surface area contributed by atoms with Crippen LogP contribution in [0.3, 0.4) is 0 Å². The van der Waals surface area contributed by atoms with Crippen LogP contribution >= 0.6 is 0 Å². The van der Waals surface area contributed by atoms with Gasteiger partial charge in [-0.05, 0) is 77.0 Å². The molecule has 59 heavy (non-hydrogen) atoms. The normalized spacial score (nSPS) is 12.9. The molecule has 0 radical (unpaired) electrons. The minimum Gasteiger partial charge on any atom is -0.466 e. The Balaban J connectivity index is 3.56. The highest BCUT2D eigenvalue weighted by Crippen LogP contribution is 2.15. The summed E-state index contributed by atoms with van der Waals surface area (Å²) in [5, 5.41) is 23.1. The Hall–Kier alpha value is -1.92. The molecule has 3 N–H and O–H groups in total. The summed E-state index contributed by atoms with van der Waals surface area (Å²) in [6.07, 6.45) is 58.6. The molecule has 0 bridgehead atoms. The van der Waals surface area contributed by atoms with Gasteiger partial charge in [0.05, 0.1) is 25.4 Å². The molecule has 0 aliphatic heterocycles. The second kappa shape index (κ2) is 48.7. The molecular weight excluding hydrogens is 731 g/mol. The maximum atomic E-state index is 12.4. The van der Waals surface area contributed by atoms with E-state index in [2.05, 4.69) is 43.5 Å². The summed E-state index contributed by atoms with van der Waals surface area (Å²) < 4.78 is 5.43. The number of carbonyl (C=O) groups is 2. The van der Waals surface area contributed by atoms with Gasteiger partial charge in [0, 0.05) is 12.8 Å². The minimum absolute atomic E-state index is 0.0256. The zero-order chi connectivity index (χ0) is 43.0. The molecule has 0 heterocycles. The average Bonchev–Trinajstić information content (AvgIpc) is 3.24. The number of hydrogen-bond acceptors (Lipinski definition) is 5. The fourth-order valence-electron chi connectivity index (χ4n) is 7.61. The van der Waals surface area contributed by atoms with Gasteiger partial charge in [0.25, 0.3) is 0 Å². The molecular formula is C53H99NO5.